The molecule has 0 radical (unpaired) electrons. The molecule has 0 atom stereocenters. The Labute approximate surface area is 375 Å². The Kier molecular flexibility index (Phi) is 10.8. The summed E-state index contributed by atoms with van der Waals surface area (Å²) in [6, 6.07) is 14.3. The van der Waals surface area contributed by atoms with Gasteiger partial charge in [0.25, 0.3) is 16.3 Å². The van der Waals surface area contributed by atoms with E-state index in [1.807, 2.05) is 0 Å². The molecule has 3 aromatic heterocycles. The van der Waals surface area contributed by atoms with Gasteiger partial charge in [0, 0.05) is 38.5 Å². The smallest absolute Gasteiger partial charge is 0.454 e. The number of rotatable bonds is 11. The number of carbonyl (C=O) groups is 1. The fourth-order valence-corrected chi connectivity index (χ4v) is 9.24. The largest absolute Gasteiger partial charge is 0.573 e. The lowest BCUT2D eigenvalue weighted by molar-refractivity contribution is -0.293. The normalized spacial score (nSPS) is 11.7. The van der Waals surface area contributed by atoms with E-state index in [-0.39, 0.29) is 5.56 Å². The van der Waals surface area contributed by atoms with Crippen molar-refractivity contribution in [1.29, 1.82) is 16.2 Å². The average Bonchev–Trinajstić information content (AvgIpc) is 3.30. The Bertz CT molecular complexity index is 4230. The van der Waals surface area contributed by atoms with Gasteiger partial charge in [-0.25, -0.2) is 0 Å². The molecule has 0 aliphatic heterocycles. The van der Waals surface area contributed by atoms with Crippen molar-refractivity contribution in [3.63, 3.8) is 0 Å². The third kappa shape index (κ3) is 7.73. The molecule has 338 valence electrons. The molecule has 5 aromatic carbocycles. The molecule has 0 spiro atoms. The molecular formula is C40H16N6O19S3. The van der Waals surface area contributed by atoms with Crippen molar-refractivity contribution in [2.45, 2.75) is 14.7 Å². The van der Waals surface area contributed by atoms with Crippen LogP contribution in [-0.4, -0.2) is 31.0 Å². The SMILES string of the molecule is N#[N+]c1c([O-])oc2ccc(S(=O)(=O)Oc3ccc(C(=O)c4ccccc4)c(OS(=O)(=O)c4ccc5oc([O-])c([N+]#N)c(=O)c5c4)c3OS(=O)(=O)c3ccc4oc([O-])c([N+]#N)c(=O)c4c3)cc2c1=O. The van der Waals surface area contributed by atoms with Crippen LogP contribution in [-0.2, 0) is 30.4 Å². The summed E-state index contributed by atoms with van der Waals surface area (Å²) in [5.41, 5.74) is -10.1. The van der Waals surface area contributed by atoms with Crippen LogP contribution in [0.1, 0.15) is 15.9 Å². The Balaban J connectivity index is 1.37. The van der Waals surface area contributed by atoms with E-state index < -0.39 is 158 Å². The van der Waals surface area contributed by atoms with Gasteiger partial charge < -0.3 is 41.1 Å². The second-order valence-electron chi connectivity index (χ2n) is 13.6. The molecule has 3 heterocycles. The van der Waals surface area contributed by atoms with Crippen LogP contribution in [0.2, 0.25) is 0 Å². The number of ketones is 1. The number of hydrogen-bond donors (Lipinski definition) is 0. The Morgan fingerprint density at radius 3 is 1.24 bits per heavy atom. The first-order valence-electron chi connectivity index (χ1n) is 18.2. The van der Waals surface area contributed by atoms with Crippen molar-refractivity contribution in [2.24, 2.45) is 0 Å². The number of hydrogen-bond acceptors (Lipinski definition) is 22. The molecule has 25 nitrogen and oxygen atoms in total. The van der Waals surface area contributed by atoms with Crippen molar-refractivity contribution in [3.8, 4) is 35.1 Å². The summed E-state index contributed by atoms with van der Waals surface area (Å²) in [7, 11) is -16.5. The van der Waals surface area contributed by atoms with Crippen LogP contribution < -0.4 is 44.2 Å². The minimum Gasteiger partial charge on any atom is -0.573 e. The summed E-state index contributed by atoms with van der Waals surface area (Å²) in [5, 5.41) is 62.0. The molecule has 0 aliphatic carbocycles. The molecule has 0 amide bonds. The van der Waals surface area contributed by atoms with Gasteiger partial charge in [0.1, 0.15) is 14.7 Å². The number of diazo groups is 3. The van der Waals surface area contributed by atoms with Crippen LogP contribution >= 0.6 is 0 Å². The lowest BCUT2D eigenvalue weighted by atomic mass is 10.0. The molecule has 28 heteroatoms. The third-order valence-electron chi connectivity index (χ3n) is 9.53. The molecule has 0 N–H and O–H groups in total. The van der Waals surface area contributed by atoms with Crippen LogP contribution in [0.4, 0.5) is 17.1 Å². The Morgan fingerprint density at radius 2 is 0.853 bits per heavy atom. The van der Waals surface area contributed by atoms with E-state index in [4.69, 9.17) is 25.8 Å². The monoisotopic (exact) mass is 980 g/mol. The van der Waals surface area contributed by atoms with Crippen molar-refractivity contribution < 1.29 is 71.2 Å². The van der Waals surface area contributed by atoms with E-state index in [0.29, 0.717) is 30.3 Å². The zero-order valence-corrected chi connectivity index (χ0v) is 35.4. The van der Waals surface area contributed by atoms with Crippen LogP contribution in [0, 0.1) is 16.2 Å². The summed E-state index contributed by atoms with van der Waals surface area (Å²) in [4.78, 5) is 57.8. The lowest BCUT2D eigenvalue weighted by Gasteiger charge is -2.19. The maximum absolute atomic E-state index is 14.3. The van der Waals surface area contributed by atoms with Crippen LogP contribution in [0.25, 0.3) is 47.8 Å². The summed E-state index contributed by atoms with van der Waals surface area (Å²) >= 11 is 0. The van der Waals surface area contributed by atoms with E-state index in [1.165, 1.54) is 30.3 Å². The van der Waals surface area contributed by atoms with Gasteiger partial charge in [0.05, 0.1) is 5.56 Å². The summed E-state index contributed by atoms with van der Waals surface area (Å²) in [5.74, 6) is -9.57. The van der Waals surface area contributed by atoms with Crippen molar-refractivity contribution in [3.05, 3.63) is 154 Å². The molecule has 0 fully saturated rings. The van der Waals surface area contributed by atoms with Crippen LogP contribution in [0.5, 0.6) is 35.1 Å². The minimum atomic E-state index is -5.58. The van der Waals surface area contributed by atoms with Crippen LogP contribution in [0.15, 0.2) is 139 Å². The number of carbonyl (C=O) groups excluding carboxylic acids is 1. The Hall–Kier alpha value is -9.69. The van der Waals surface area contributed by atoms with Gasteiger partial charge >= 0.3 is 47.4 Å². The van der Waals surface area contributed by atoms with Gasteiger partial charge in [-0.2, -0.15) is 25.3 Å². The van der Waals surface area contributed by atoms with Gasteiger partial charge in [-0.3, -0.25) is 19.2 Å². The lowest BCUT2D eigenvalue weighted by Crippen LogP contribution is -2.19. The topological polar surface area (TPSA) is 391 Å². The molecule has 8 rings (SSSR count). The van der Waals surface area contributed by atoms with Gasteiger partial charge in [-0.1, -0.05) is 30.3 Å². The number of fused-ring (bicyclic) bond motifs is 3. The molecular weight excluding hydrogens is 965 g/mol. The van der Waals surface area contributed by atoms with Crippen molar-refractivity contribution in [2.75, 3.05) is 0 Å². The second kappa shape index (κ2) is 16.4. The van der Waals surface area contributed by atoms with E-state index in [9.17, 15) is 75.9 Å². The predicted molar refractivity (Wildman–Crippen MR) is 220 cm³/mol. The van der Waals surface area contributed by atoms with E-state index >= 15 is 0 Å². The zero-order valence-electron chi connectivity index (χ0n) is 32.9. The first kappa shape index (κ1) is 44.9. The van der Waals surface area contributed by atoms with E-state index in [0.717, 1.165) is 36.4 Å². The first-order valence-corrected chi connectivity index (χ1v) is 22.4. The van der Waals surface area contributed by atoms with Crippen molar-refractivity contribution >= 4 is 86.1 Å². The number of nitrogens with zero attached hydrogens (tertiary/aromatic N) is 6. The zero-order chi connectivity index (χ0) is 49.0. The molecule has 0 aliphatic rings. The van der Waals surface area contributed by atoms with Crippen molar-refractivity contribution in [1.82, 2.24) is 0 Å². The summed E-state index contributed by atoms with van der Waals surface area (Å²) in [6.45, 7) is 0. The molecule has 0 bridgehead atoms. The maximum Gasteiger partial charge on any atom is 0.454 e. The number of benzene rings is 5. The first-order chi connectivity index (χ1) is 32.2. The highest BCUT2D eigenvalue weighted by molar-refractivity contribution is 7.87. The fourth-order valence-electron chi connectivity index (χ4n) is 6.33. The summed E-state index contributed by atoms with van der Waals surface area (Å²) < 4.78 is 116. The molecule has 68 heavy (non-hydrogen) atoms. The standard InChI is InChI=1S/C40H16N6O19S3/c41-44-29-33(48)22-14-18(6-10-25(22)60-38(29)51)66(54,55)63-28-13-9-21(32(47)17-4-2-1-3-5-17)36(64-67(56,57)19-7-11-26-23(15-19)34(49)30(45-42)39(52)61-26)37(28)65-68(58,59)20-8-12-27-24(16-20)35(50)31(46-43)40(53)62-27/h1-16H. The molecule has 0 saturated carbocycles. The highest BCUT2D eigenvalue weighted by Gasteiger charge is 2.35. The predicted octanol–water partition coefficient (Wildman–Crippen LogP) is 4.21. The average molecular weight is 981 g/mol. The molecule has 0 unspecified atom stereocenters. The van der Waals surface area contributed by atoms with Gasteiger partial charge in [0.15, 0.2) is 44.3 Å². The third-order valence-corrected chi connectivity index (χ3v) is 13.2. The minimum absolute atomic E-state index is 0.212. The highest BCUT2D eigenvalue weighted by Crippen LogP contribution is 2.46. The van der Waals surface area contributed by atoms with E-state index in [1.54, 1.807) is 0 Å². The molecule has 0 saturated heterocycles. The highest BCUT2D eigenvalue weighted by atomic mass is 32.2. The summed E-state index contributed by atoms with van der Waals surface area (Å²) in [6.07, 6.45) is 0. The van der Waals surface area contributed by atoms with Gasteiger partial charge in [0.2, 0.25) is 27.7 Å². The van der Waals surface area contributed by atoms with E-state index in [2.05, 4.69) is 14.9 Å². The fraction of sp³-hybridized carbons (Fsp3) is 0. The van der Waals surface area contributed by atoms with Gasteiger partial charge in [-0.15, -0.1) is 0 Å². The molecule has 8 aromatic rings. The second-order valence-corrected chi connectivity index (χ2v) is 18.2. The Morgan fingerprint density at radius 1 is 0.485 bits per heavy atom. The maximum atomic E-state index is 14.3. The van der Waals surface area contributed by atoms with Gasteiger partial charge in [-0.05, 0) is 66.7 Å². The van der Waals surface area contributed by atoms with Crippen LogP contribution in [0.3, 0.4) is 0 Å². The quantitative estimate of drug-likeness (QED) is 0.0994.